The summed E-state index contributed by atoms with van der Waals surface area (Å²) in [6, 6.07) is 0. The molecule has 1 aliphatic heterocycles. The molecule has 17 heteroatoms. The van der Waals surface area contributed by atoms with Gasteiger partial charge in [0.25, 0.3) is 4.51 Å². The van der Waals surface area contributed by atoms with Crippen molar-refractivity contribution in [1.29, 1.82) is 0 Å². The van der Waals surface area contributed by atoms with Gasteiger partial charge in [-0.1, -0.05) is 69.6 Å². The van der Waals surface area contributed by atoms with Crippen molar-refractivity contribution in [1.82, 2.24) is 5.32 Å². The van der Waals surface area contributed by atoms with Gasteiger partial charge in [0.15, 0.2) is 5.60 Å². The third-order valence-corrected chi connectivity index (χ3v) is 6.88. The maximum atomic E-state index is 13.0. The fraction of sp³-hybridized carbons (Fsp3) is 0.857. The first-order chi connectivity index (χ1) is 13.7. The molecular formula is C14H18BrCl6NO9. The molecule has 0 saturated carbocycles. The van der Waals surface area contributed by atoms with Crippen molar-refractivity contribution in [2.24, 2.45) is 0 Å². The summed E-state index contributed by atoms with van der Waals surface area (Å²) in [4.78, 5) is 25.1. The zero-order chi connectivity index (χ0) is 24.6. The number of alkyl carbamates (subject to hydrolysis) is 1. The van der Waals surface area contributed by atoms with Gasteiger partial charge in [0, 0.05) is 0 Å². The Balaban J connectivity index is 3.34. The van der Waals surface area contributed by atoms with Crippen molar-refractivity contribution < 1.29 is 44.2 Å². The molecule has 0 unspecified atom stereocenters. The Morgan fingerprint density at radius 2 is 1.68 bits per heavy atom. The Hall–Kier alpha value is 0.760. The van der Waals surface area contributed by atoms with Crippen LogP contribution in [0.15, 0.2) is 0 Å². The third kappa shape index (κ3) is 6.67. The lowest BCUT2D eigenvalue weighted by atomic mass is 9.88. The molecule has 1 heterocycles. The zero-order valence-electron chi connectivity index (χ0n) is 15.6. The standard InChI is InChI=1S/C14H18BrCl6NO9/c1-10(2,14(19,20)21)31-8(26)12(15)13(28,7(25)6(24)5(3-23)30-12)22-9(27)29-4-11(16,17)18/h5-7,23-25,28H,3-4H2,1-2H3,(H,22,27)/t5-,6-,7+,12+,13-/m1/s1. The van der Waals surface area contributed by atoms with Crippen molar-refractivity contribution in [3.05, 3.63) is 0 Å². The lowest BCUT2D eigenvalue weighted by Gasteiger charge is -2.51. The molecule has 0 spiro atoms. The van der Waals surface area contributed by atoms with E-state index in [0.717, 1.165) is 0 Å². The van der Waals surface area contributed by atoms with Crippen molar-refractivity contribution in [3.63, 3.8) is 0 Å². The molecule has 1 saturated heterocycles. The van der Waals surface area contributed by atoms with E-state index in [9.17, 15) is 30.0 Å². The minimum atomic E-state index is -3.16. The summed E-state index contributed by atoms with van der Waals surface area (Å²) in [5.41, 5.74) is -4.99. The SMILES string of the molecule is CC(C)(OC(=O)[C@]1(Br)O[C@H](CO)[C@@H](O)[C@H](O)[C@]1(O)NC(=O)OCC(Cl)(Cl)Cl)C(Cl)(Cl)Cl. The molecule has 0 bridgehead atoms. The minimum Gasteiger partial charge on any atom is -0.452 e. The highest BCUT2D eigenvalue weighted by atomic mass is 79.9. The average molecular weight is 637 g/mol. The number of aliphatic hydroxyl groups excluding tert-OH is 3. The number of carbonyl (C=O) groups is 2. The van der Waals surface area contributed by atoms with Crippen LogP contribution in [0.3, 0.4) is 0 Å². The van der Waals surface area contributed by atoms with Crippen LogP contribution >= 0.6 is 85.5 Å². The summed E-state index contributed by atoms with van der Waals surface area (Å²) < 4.78 is 7.92. The minimum absolute atomic E-state index is 0.793. The number of hydrogen-bond donors (Lipinski definition) is 5. The Labute approximate surface area is 215 Å². The predicted octanol–water partition coefficient (Wildman–Crippen LogP) is 1.67. The predicted molar refractivity (Wildman–Crippen MR) is 116 cm³/mol. The monoisotopic (exact) mass is 633 g/mol. The van der Waals surface area contributed by atoms with E-state index in [1.165, 1.54) is 13.8 Å². The second-order valence-electron chi connectivity index (χ2n) is 6.85. The number of ether oxygens (including phenoxy) is 3. The van der Waals surface area contributed by atoms with Crippen LogP contribution in [0.5, 0.6) is 0 Å². The van der Waals surface area contributed by atoms with Gasteiger partial charge in [-0.25, -0.2) is 9.59 Å². The van der Waals surface area contributed by atoms with Crippen molar-refractivity contribution >= 4 is 97.6 Å². The maximum Gasteiger partial charge on any atom is 0.409 e. The number of rotatable bonds is 5. The fourth-order valence-electron chi connectivity index (χ4n) is 2.21. The van der Waals surface area contributed by atoms with E-state index in [1.807, 2.05) is 0 Å². The van der Waals surface area contributed by atoms with Crippen molar-refractivity contribution in [2.45, 2.75) is 55.6 Å². The van der Waals surface area contributed by atoms with E-state index in [1.54, 1.807) is 5.32 Å². The first-order valence-corrected chi connectivity index (χ1v) is 11.2. The second kappa shape index (κ2) is 10.2. The number of amides is 1. The number of halogens is 7. The van der Waals surface area contributed by atoms with Crippen LogP contribution in [-0.4, -0.2) is 87.4 Å². The number of aliphatic hydroxyl groups is 4. The number of hydrogen-bond acceptors (Lipinski definition) is 9. The van der Waals surface area contributed by atoms with Gasteiger partial charge in [-0.3, -0.25) is 5.32 Å². The Bertz CT molecular complexity index is 690. The van der Waals surface area contributed by atoms with Crippen LogP contribution in [0.4, 0.5) is 4.79 Å². The summed E-state index contributed by atoms with van der Waals surface area (Å²) >= 11 is 36.5. The van der Waals surface area contributed by atoms with E-state index < -0.39 is 67.0 Å². The van der Waals surface area contributed by atoms with E-state index in [0.29, 0.717) is 0 Å². The van der Waals surface area contributed by atoms with Gasteiger partial charge in [0.2, 0.25) is 13.3 Å². The molecule has 10 nitrogen and oxygen atoms in total. The van der Waals surface area contributed by atoms with Gasteiger partial charge < -0.3 is 34.6 Å². The normalized spacial score (nSPS) is 32.4. The van der Waals surface area contributed by atoms with Crippen LogP contribution in [0.1, 0.15) is 13.8 Å². The lowest BCUT2D eigenvalue weighted by Crippen LogP contribution is -2.79. The summed E-state index contributed by atoms with van der Waals surface area (Å²) in [6.45, 7) is 0.695. The zero-order valence-corrected chi connectivity index (χ0v) is 21.7. The number of alkyl halides is 7. The molecule has 182 valence electrons. The molecule has 1 fully saturated rings. The molecule has 5 atom stereocenters. The molecule has 5 N–H and O–H groups in total. The molecule has 1 amide bonds. The third-order valence-electron chi connectivity index (χ3n) is 4.07. The van der Waals surface area contributed by atoms with Crippen LogP contribution < -0.4 is 5.32 Å². The Kier molecular flexibility index (Phi) is 9.77. The van der Waals surface area contributed by atoms with Gasteiger partial charge >= 0.3 is 12.1 Å². The molecule has 0 aromatic heterocycles. The molecule has 0 aliphatic carbocycles. The summed E-state index contributed by atoms with van der Waals surface area (Å²) in [5, 5.41) is 42.8. The first-order valence-electron chi connectivity index (χ1n) is 8.10. The largest absolute Gasteiger partial charge is 0.452 e. The highest BCUT2D eigenvalue weighted by Gasteiger charge is 2.69. The van der Waals surface area contributed by atoms with Crippen molar-refractivity contribution in [3.8, 4) is 0 Å². The van der Waals surface area contributed by atoms with Gasteiger partial charge in [-0.2, -0.15) is 0 Å². The average Bonchev–Trinajstić information content (AvgIpc) is 2.59. The van der Waals surface area contributed by atoms with E-state index in [2.05, 4.69) is 20.7 Å². The van der Waals surface area contributed by atoms with Crippen LogP contribution in [-0.2, 0) is 19.0 Å². The molecule has 0 radical (unpaired) electrons. The molecule has 1 rings (SSSR count). The molecule has 0 aromatic rings. The van der Waals surface area contributed by atoms with E-state index in [4.69, 9.17) is 79.1 Å². The summed E-state index contributed by atoms with van der Waals surface area (Å²) in [7, 11) is 0. The highest BCUT2D eigenvalue weighted by molar-refractivity contribution is 9.10. The van der Waals surface area contributed by atoms with Gasteiger partial charge in [0.1, 0.15) is 24.9 Å². The smallest absolute Gasteiger partial charge is 0.409 e. The van der Waals surface area contributed by atoms with Gasteiger partial charge in [0.05, 0.1) is 6.61 Å². The molecular weight excluding hydrogens is 619 g/mol. The summed E-state index contributed by atoms with van der Waals surface area (Å²) in [5.74, 6) is -1.52. The summed E-state index contributed by atoms with van der Waals surface area (Å²) in [6.07, 6.45) is -7.47. The van der Waals surface area contributed by atoms with Crippen LogP contribution in [0, 0.1) is 0 Å². The number of esters is 1. The van der Waals surface area contributed by atoms with Crippen LogP contribution in [0.2, 0.25) is 0 Å². The van der Waals surface area contributed by atoms with E-state index >= 15 is 0 Å². The quantitative estimate of drug-likeness (QED) is 0.172. The lowest BCUT2D eigenvalue weighted by molar-refractivity contribution is -0.292. The van der Waals surface area contributed by atoms with Gasteiger partial charge in [-0.05, 0) is 29.8 Å². The Morgan fingerprint density at radius 1 is 1.16 bits per heavy atom. The van der Waals surface area contributed by atoms with Crippen molar-refractivity contribution in [2.75, 3.05) is 13.2 Å². The maximum absolute atomic E-state index is 13.0. The topological polar surface area (TPSA) is 155 Å². The fourth-order valence-corrected chi connectivity index (χ4v) is 3.14. The van der Waals surface area contributed by atoms with Gasteiger partial charge in [-0.15, -0.1) is 0 Å². The second-order valence-corrected chi connectivity index (χ2v) is 12.8. The first kappa shape index (κ1) is 29.8. The highest BCUT2D eigenvalue weighted by Crippen LogP contribution is 2.46. The number of nitrogens with one attached hydrogen (secondary N) is 1. The molecule has 31 heavy (non-hydrogen) atoms. The van der Waals surface area contributed by atoms with E-state index in [-0.39, 0.29) is 0 Å². The number of carbonyl (C=O) groups excluding carboxylic acids is 2. The Morgan fingerprint density at radius 3 is 2.10 bits per heavy atom. The molecule has 0 aromatic carbocycles. The van der Waals surface area contributed by atoms with Crippen LogP contribution in [0.25, 0.3) is 0 Å². The molecule has 1 aliphatic rings.